The molecule has 1 aromatic carbocycles. The van der Waals surface area contributed by atoms with E-state index in [1.165, 1.54) is 11.1 Å². The van der Waals surface area contributed by atoms with Gasteiger partial charge in [0.1, 0.15) is 0 Å². The van der Waals surface area contributed by atoms with E-state index in [9.17, 15) is 0 Å². The molecule has 0 heterocycles. The predicted molar refractivity (Wildman–Crippen MR) is 66.1 cm³/mol. The molecule has 0 spiro atoms. The molecule has 14 heavy (non-hydrogen) atoms. The van der Waals surface area contributed by atoms with Crippen molar-refractivity contribution in [3.05, 3.63) is 34.3 Å². The normalized spacial score (nSPS) is 11.8. The van der Waals surface area contributed by atoms with Crippen LogP contribution in [-0.4, -0.2) is 5.75 Å². The maximum Gasteiger partial charge on any atom is 0.0452 e. The van der Waals surface area contributed by atoms with E-state index >= 15 is 0 Å². The fourth-order valence-corrected chi connectivity index (χ4v) is 2.16. The van der Waals surface area contributed by atoms with E-state index in [1.54, 1.807) is 11.8 Å². The number of thioether (sulfide) groups is 1. The Morgan fingerprint density at radius 1 is 1.57 bits per heavy atom. The minimum atomic E-state index is 0.623. The molecule has 0 unspecified atom stereocenters. The van der Waals surface area contributed by atoms with Crippen LogP contribution in [0.4, 0.5) is 5.69 Å². The van der Waals surface area contributed by atoms with E-state index in [0.717, 1.165) is 10.6 Å². The van der Waals surface area contributed by atoms with Gasteiger partial charge in [-0.1, -0.05) is 29.3 Å². The van der Waals surface area contributed by atoms with Crippen molar-refractivity contribution in [3.63, 3.8) is 0 Å². The molecule has 0 aliphatic rings. The van der Waals surface area contributed by atoms with Crippen molar-refractivity contribution in [3.8, 4) is 0 Å². The van der Waals surface area contributed by atoms with Gasteiger partial charge in [0.25, 0.3) is 0 Å². The fraction of sp³-hybridized carbons (Fsp3) is 0.200. The van der Waals surface area contributed by atoms with Crippen LogP contribution in [0.1, 0.15) is 5.56 Å². The number of hydrogen-bond donors (Lipinski definition) is 1. The summed E-state index contributed by atoms with van der Waals surface area (Å²) in [5, 5.41) is 0.623. The number of nitrogens with two attached hydrogens (primary N) is 1. The summed E-state index contributed by atoms with van der Waals surface area (Å²) in [6.07, 6.45) is 0. The monoisotopic (exact) mass is 247 g/mol. The third-order valence-electron chi connectivity index (χ3n) is 1.65. The molecule has 0 bridgehead atoms. The van der Waals surface area contributed by atoms with Gasteiger partial charge in [0.2, 0.25) is 0 Å². The molecule has 0 fully saturated rings. The van der Waals surface area contributed by atoms with E-state index in [0.29, 0.717) is 10.8 Å². The van der Waals surface area contributed by atoms with Gasteiger partial charge in [0.15, 0.2) is 0 Å². The second kappa shape index (κ2) is 5.54. The lowest BCUT2D eigenvalue weighted by Crippen LogP contribution is -1.90. The average molecular weight is 248 g/mol. The smallest absolute Gasteiger partial charge is 0.0452 e. The zero-order chi connectivity index (χ0) is 10.6. The summed E-state index contributed by atoms with van der Waals surface area (Å²) in [7, 11) is 0. The van der Waals surface area contributed by atoms with Crippen LogP contribution in [0.2, 0.25) is 0 Å². The van der Waals surface area contributed by atoms with Crippen LogP contribution < -0.4 is 5.73 Å². The van der Waals surface area contributed by atoms with E-state index in [-0.39, 0.29) is 0 Å². The second-order valence-corrected chi connectivity index (χ2v) is 4.61. The number of anilines is 1. The molecule has 0 aliphatic heterocycles. The third kappa shape index (κ3) is 3.45. The molecule has 1 rings (SSSR count). The Bertz CT molecular complexity index is 350. The summed E-state index contributed by atoms with van der Waals surface area (Å²) in [6, 6.07) is 5.92. The summed E-state index contributed by atoms with van der Waals surface area (Å²) < 4.78 is 0. The molecular formula is C10H11Cl2NS. The molecular weight excluding hydrogens is 237 g/mol. The lowest BCUT2D eigenvalue weighted by atomic mass is 10.2. The summed E-state index contributed by atoms with van der Waals surface area (Å²) in [6.45, 7) is 2.03. The fourth-order valence-electron chi connectivity index (χ4n) is 0.945. The van der Waals surface area contributed by atoms with Gasteiger partial charge in [0.05, 0.1) is 0 Å². The number of nitrogen functional groups attached to an aromatic ring is 1. The molecule has 0 atom stereocenters. The average Bonchev–Trinajstić information content (AvgIpc) is 2.19. The number of benzene rings is 1. The predicted octanol–water partition coefficient (Wildman–Crippen LogP) is 3.99. The van der Waals surface area contributed by atoms with Gasteiger partial charge in [-0.2, -0.15) is 0 Å². The van der Waals surface area contributed by atoms with Crippen LogP contribution in [0.25, 0.3) is 0 Å². The van der Waals surface area contributed by atoms with Crippen molar-refractivity contribution in [2.45, 2.75) is 11.8 Å². The second-order valence-electron chi connectivity index (χ2n) is 2.89. The summed E-state index contributed by atoms with van der Waals surface area (Å²) >= 11 is 12.8. The largest absolute Gasteiger partial charge is 0.398 e. The Morgan fingerprint density at radius 3 is 2.93 bits per heavy atom. The van der Waals surface area contributed by atoms with Crippen LogP contribution in [0.5, 0.6) is 0 Å². The molecule has 4 heteroatoms. The zero-order valence-electron chi connectivity index (χ0n) is 7.76. The third-order valence-corrected chi connectivity index (χ3v) is 3.55. The number of rotatable bonds is 3. The molecule has 0 aromatic heterocycles. The van der Waals surface area contributed by atoms with Gasteiger partial charge in [-0.05, 0) is 24.6 Å². The van der Waals surface area contributed by atoms with Crippen molar-refractivity contribution in [1.82, 2.24) is 0 Å². The highest BCUT2D eigenvalue weighted by molar-refractivity contribution is 7.99. The molecule has 0 amide bonds. The van der Waals surface area contributed by atoms with E-state index in [2.05, 4.69) is 0 Å². The maximum absolute atomic E-state index is 5.80. The number of hydrogen-bond acceptors (Lipinski definition) is 2. The standard InChI is InChI=1S/C10H11Cl2NS/c1-7-2-3-9(13)10(4-7)14-6-8(12)5-11/h2-5H,6,13H2,1H3. The highest BCUT2D eigenvalue weighted by Crippen LogP contribution is 2.28. The Balaban J connectivity index is 2.71. The molecule has 76 valence electrons. The summed E-state index contributed by atoms with van der Waals surface area (Å²) in [4.78, 5) is 1.04. The van der Waals surface area contributed by atoms with Crippen molar-refractivity contribution in [2.24, 2.45) is 0 Å². The highest BCUT2D eigenvalue weighted by Gasteiger charge is 2.01. The van der Waals surface area contributed by atoms with Crippen LogP contribution in [0.15, 0.2) is 33.7 Å². The highest BCUT2D eigenvalue weighted by atomic mass is 35.5. The molecule has 1 nitrogen and oxygen atoms in total. The summed E-state index contributed by atoms with van der Waals surface area (Å²) in [5.41, 5.74) is 9.14. The lowest BCUT2D eigenvalue weighted by molar-refractivity contribution is 1.36. The van der Waals surface area contributed by atoms with Gasteiger partial charge in [0, 0.05) is 26.9 Å². The molecule has 0 saturated heterocycles. The topological polar surface area (TPSA) is 26.0 Å². The SMILES string of the molecule is Cc1ccc(N)c(SCC(Cl)=CCl)c1. The number of halogens is 2. The Labute approximate surface area is 98.3 Å². The first-order valence-corrected chi connectivity index (χ1v) is 5.87. The van der Waals surface area contributed by atoms with Crippen LogP contribution in [-0.2, 0) is 0 Å². The molecule has 2 N–H and O–H groups in total. The van der Waals surface area contributed by atoms with Gasteiger partial charge >= 0.3 is 0 Å². The van der Waals surface area contributed by atoms with Gasteiger partial charge in [-0.15, -0.1) is 11.8 Å². The Morgan fingerprint density at radius 2 is 2.29 bits per heavy atom. The van der Waals surface area contributed by atoms with Gasteiger partial charge in [-0.3, -0.25) is 0 Å². The molecule has 0 radical (unpaired) electrons. The maximum atomic E-state index is 5.80. The van der Waals surface area contributed by atoms with Crippen molar-refractivity contribution >= 4 is 40.7 Å². The molecule has 1 aromatic rings. The first-order valence-electron chi connectivity index (χ1n) is 4.07. The van der Waals surface area contributed by atoms with Crippen LogP contribution in [0.3, 0.4) is 0 Å². The first-order chi connectivity index (χ1) is 6.63. The number of aryl methyl sites for hydroxylation is 1. The minimum absolute atomic E-state index is 0.623. The zero-order valence-corrected chi connectivity index (χ0v) is 10.1. The van der Waals surface area contributed by atoms with E-state index < -0.39 is 0 Å². The van der Waals surface area contributed by atoms with Crippen molar-refractivity contribution in [2.75, 3.05) is 11.5 Å². The van der Waals surface area contributed by atoms with E-state index in [1.807, 2.05) is 25.1 Å². The lowest BCUT2D eigenvalue weighted by Gasteiger charge is -2.05. The quantitative estimate of drug-likeness (QED) is 0.646. The minimum Gasteiger partial charge on any atom is -0.398 e. The van der Waals surface area contributed by atoms with Gasteiger partial charge < -0.3 is 5.73 Å². The van der Waals surface area contributed by atoms with Crippen LogP contribution >= 0.6 is 35.0 Å². The van der Waals surface area contributed by atoms with Gasteiger partial charge in [-0.25, -0.2) is 0 Å². The molecule has 0 aliphatic carbocycles. The van der Waals surface area contributed by atoms with Crippen LogP contribution in [0, 0.1) is 6.92 Å². The van der Waals surface area contributed by atoms with Crippen molar-refractivity contribution < 1.29 is 0 Å². The van der Waals surface area contributed by atoms with Crippen molar-refractivity contribution in [1.29, 1.82) is 0 Å². The molecule has 0 saturated carbocycles. The Hall–Kier alpha value is -0.310. The van der Waals surface area contributed by atoms with E-state index in [4.69, 9.17) is 28.9 Å². The Kier molecular flexibility index (Phi) is 4.66. The summed E-state index contributed by atoms with van der Waals surface area (Å²) in [5.74, 6) is 0.651. The first kappa shape index (κ1) is 11.8.